The molecule has 84 heavy (non-hydrogen) atoms. The summed E-state index contributed by atoms with van der Waals surface area (Å²) in [6.07, 6.45) is 1.21. The van der Waals surface area contributed by atoms with Gasteiger partial charge in [-0.05, 0) is 50.3 Å². The van der Waals surface area contributed by atoms with Gasteiger partial charge in [0.1, 0.15) is 29.2 Å². The Morgan fingerprint density at radius 3 is 1.75 bits per heavy atom. The van der Waals surface area contributed by atoms with Crippen LogP contribution >= 0.6 is 0 Å². The molecule has 2 aromatic carbocycles. The lowest BCUT2D eigenvalue weighted by Crippen LogP contribution is -2.50. The van der Waals surface area contributed by atoms with Gasteiger partial charge in [-0.15, -0.1) is 0 Å². The monoisotopic (exact) mass is 1190 g/mol. The highest BCUT2D eigenvalue weighted by Gasteiger charge is 2.26. The van der Waals surface area contributed by atoms with Crippen molar-refractivity contribution in [2.75, 3.05) is 118 Å². The number of carbonyl (C=O) groups excluding carboxylic acids is 7. The van der Waals surface area contributed by atoms with Gasteiger partial charge < -0.3 is 68.1 Å². The van der Waals surface area contributed by atoms with Gasteiger partial charge in [-0.25, -0.2) is 23.8 Å². The van der Waals surface area contributed by atoms with Crippen molar-refractivity contribution in [2.24, 2.45) is 10.7 Å². The maximum Gasteiger partial charge on any atom is 0.344 e. The van der Waals surface area contributed by atoms with Gasteiger partial charge >= 0.3 is 30.0 Å². The lowest BCUT2D eigenvalue weighted by molar-refractivity contribution is -0.140. The average Bonchev–Trinajstić information content (AvgIpc) is 3.53. The molecule has 0 spiro atoms. The predicted molar refractivity (Wildman–Crippen MR) is 298 cm³/mol. The van der Waals surface area contributed by atoms with Crippen LogP contribution in [0.5, 0.6) is 11.5 Å². The summed E-state index contributed by atoms with van der Waals surface area (Å²) >= 11 is 0. The lowest BCUT2D eigenvalue weighted by atomic mass is 9.99. The molecule has 2 atom stereocenters. The normalized spacial score (nSPS) is 14.6. The van der Waals surface area contributed by atoms with E-state index in [1.165, 1.54) is 0 Å². The Morgan fingerprint density at radius 2 is 1.18 bits per heavy atom. The number of hydrogen-bond acceptors (Lipinski definition) is 16. The van der Waals surface area contributed by atoms with Gasteiger partial charge in [-0.2, -0.15) is 4.99 Å². The Balaban J connectivity index is 1.42. The second-order valence-corrected chi connectivity index (χ2v) is 19.3. The second-order valence-electron chi connectivity index (χ2n) is 19.3. The van der Waals surface area contributed by atoms with E-state index in [1.54, 1.807) is 57.7 Å². The van der Waals surface area contributed by atoms with E-state index in [1.807, 2.05) is 0 Å². The summed E-state index contributed by atoms with van der Waals surface area (Å²) in [5.74, 6) is -9.33. The standard InChI is InChI=1S/C52H79F2N15O15/c1-3-42(71)57-15-16-60-51(82)63-50(55)58-13-7-10-41(49(81)61-29-38-39(53)27-36(70)28-40(38)54)62-48(80)34(2)35-8-6-9-37(26-35)84-25-5-4-12-59-52(83)65-64-43(72)11-14-56-44(73)30-66-17-19-67(31-45(74)75)21-23-69(33-47(78)79)24-22-68(20-18-66)32-46(76)77/h6,8-9,26-28,34,41,70H,3-5,7,10-25,29-33H2,1-2H3,(H,56,73)(H,57,71)(H,61,81)(H,62,80)(H,64,72)(H,74,75)(H,76,77)(H,78,79)(H2,59,65,83)(H4,55,58,60,63,82)/t34?,41-/m1/s1. The molecule has 0 saturated carbocycles. The Hall–Kier alpha value is -8.49. The van der Waals surface area contributed by atoms with E-state index in [2.05, 4.69) is 53.1 Å². The molecule has 15 N–H and O–H groups in total. The van der Waals surface area contributed by atoms with Crippen LogP contribution in [-0.4, -0.2) is 229 Å². The van der Waals surface area contributed by atoms with Crippen molar-refractivity contribution in [1.82, 2.24) is 67.7 Å². The van der Waals surface area contributed by atoms with Crippen LogP contribution < -0.4 is 58.5 Å². The molecule has 3 rings (SSSR count). The van der Waals surface area contributed by atoms with E-state index in [9.17, 15) is 77.2 Å². The van der Waals surface area contributed by atoms with E-state index in [0.717, 1.165) is 0 Å². The molecule has 9 amide bonds. The number of carboxylic acids is 3. The maximum atomic E-state index is 14.5. The number of amides is 9. The van der Waals surface area contributed by atoms with Crippen molar-refractivity contribution < 1.29 is 81.9 Å². The largest absolute Gasteiger partial charge is 0.508 e. The maximum absolute atomic E-state index is 14.5. The summed E-state index contributed by atoms with van der Waals surface area (Å²) in [4.78, 5) is 133. The molecule has 0 aliphatic carbocycles. The fourth-order valence-corrected chi connectivity index (χ4v) is 8.07. The highest BCUT2D eigenvalue weighted by atomic mass is 19.1. The van der Waals surface area contributed by atoms with Crippen LogP contribution in [0.25, 0.3) is 0 Å². The molecule has 2 aromatic rings. The van der Waals surface area contributed by atoms with Crippen molar-refractivity contribution in [3.8, 4) is 11.5 Å². The molecule has 1 aliphatic heterocycles. The molecule has 1 saturated heterocycles. The number of aliphatic carboxylic acids is 3. The van der Waals surface area contributed by atoms with E-state index < -0.39 is 95.1 Å². The number of nitrogens with two attached hydrogens (primary N) is 1. The van der Waals surface area contributed by atoms with Gasteiger partial charge in [0.2, 0.25) is 29.5 Å². The fraction of sp³-hybridized carbons (Fsp3) is 0.558. The second kappa shape index (κ2) is 38.3. The number of benzene rings is 2. The SMILES string of the molecule is CCC(=O)NCCNC(=O)/N=C(/N)NCCC[C@@H](NC(=O)C(C)c1cccc(OCCCCNC(=O)NNC(=O)CCNC(=O)CN2CCN(CC(=O)O)CCN(CC(=O)O)CCN(CC(=O)O)CC2)c1)C(=O)NCc1c(F)cc(O)cc1F. The third-order valence-electron chi connectivity index (χ3n) is 12.7. The van der Waals surface area contributed by atoms with Crippen molar-refractivity contribution in [1.29, 1.82) is 0 Å². The molecule has 0 aromatic heterocycles. The Labute approximate surface area is 484 Å². The minimum absolute atomic E-state index is 0.00338. The van der Waals surface area contributed by atoms with E-state index >= 15 is 0 Å². The van der Waals surface area contributed by atoms with Gasteiger partial charge in [0, 0.05) is 122 Å². The summed E-state index contributed by atoms with van der Waals surface area (Å²) in [7, 11) is 0. The summed E-state index contributed by atoms with van der Waals surface area (Å²) in [6.45, 7) is 4.08. The molecule has 32 heteroatoms. The average molecular weight is 1190 g/mol. The third kappa shape index (κ3) is 29.5. The van der Waals surface area contributed by atoms with Crippen LogP contribution in [-0.2, 0) is 44.9 Å². The smallest absolute Gasteiger partial charge is 0.344 e. The third-order valence-corrected chi connectivity index (χ3v) is 12.7. The Morgan fingerprint density at radius 1 is 0.631 bits per heavy atom. The first-order valence-electron chi connectivity index (χ1n) is 27.3. The number of urea groups is 2. The number of halogens is 2. The molecule has 466 valence electrons. The predicted octanol–water partition coefficient (Wildman–Crippen LogP) is -2.03. The number of phenols is 1. The van der Waals surface area contributed by atoms with E-state index in [-0.39, 0.29) is 155 Å². The molecule has 0 radical (unpaired) electrons. The number of carboxylic acid groups (broad SMARTS) is 3. The molecular weight excluding hydrogens is 1110 g/mol. The minimum Gasteiger partial charge on any atom is -0.508 e. The zero-order valence-electron chi connectivity index (χ0n) is 47.1. The minimum atomic E-state index is -1.22. The van der Waals surface area contributed by atoms with Gasteiger partial charge in [0.15, 0.2) is 5.96 Å². The van der Waals surface area contributed by atoms with E-state index in [0.29, 0.717) is 36.3 Å². The van der Waals surface area contributed by atoms with Crippen LogP contribution in [0, 0.1) is 11.6 Å². The number of aromatic hydroxyl groups is 1. The molecule has 0 bridgehead atoms. The highest BCUT2D eigenvalue weighted by molar-refractivity contribution is 5.92. The number of nitrogens with one attached hydrogen (secondary N) is 9. The number of nitrogens with zero attached hydrogens (tertiary/aromatic N) is 5. The Bertz CT molecular complexity index is 2510. The van der Waals surface area contributed by atoms with Crippen LogP contribution in [0.4, 0.5) is 18.4 Å². The van der Waals surface area contributed by atoms with Crippen molar-refractivity contribution in [3.05, 3.63) is 59.2 Å². The van der Waals surface area contributed by atoms with Crippen LogP contribution in [0.3, 0.4) is 0 Å². The first-order valence-corrected chi connectivity index (χ1v) is 27.3. The van der Waals surface area contributed by atoms with Crippen LogP contribution in [0.15, 0.2) is 41.4 Å². The number of aliphatic imine (C=N–C) groups is 1. The zero-order valence-corrected chi connectivity index (χ0v) is 47.1. The molecule has 30 nitrogen and oxygen atoms in total. The van der Waals surface area contributed by atoms with Crippen LogP contribution in [0.2, 0.25) is 0 Å². The lowest BCUT2D eigenvalue weighted by Gasteiger charge is -2.32. The van der Waals surface area contributed by atoms with Gasteiger partial charge in [0.05, 0.1) is 38.7 Å². The fourth-order valence-electron chi connectivity index (χ4n) is 8.07. The van der Waals surface area contributed by atoms with E-state index in [4.69, 9.17) is 10.5 Å². The number of phenolic OH excluding ortho intramolecular Hbond substituents is 1. The number of rotatable bonds is 31. The number of ether oxygens (including phenoxy) is 1. The topological polar surface area (TPSA) is 420 Å². The number of unbranched alkanes of at least 4 members (excludes halogenated alkanes) is 1. The molecule has 1 unspecified atom stereocenters. The number of hydrazine groups is 1. The Kier molecular flexibility index (Phi) is 31.8. The van der Waals surface area contributed by atoms with Crippen molar-refractivity contribution in [3.63, 3.8) is 0 Å². The first-order chi connectivity index (χ1) is 40.0. The van der Waals surface area contributed by atoms with Crippen molar-refractivity contribution in [2.45, 2.75) is 70.9 Å². The molecule has 1 fully saturated rings. The molecular formula is C52H79F2N15O15. The van der Waals surface area contributed by atoms with Gasteiger partial charge in [0.25, 0.3) is 0 Å². The zero-order chi connectivity index (χ0) is 62.0. The summed E-state index contributed by atoms with van der Waals surface area (Å²) in [5, 5.41) is 55.9. The summed E-state index contributed by atoms with van der Waals surface area (Å²) in [5.41, 5.74) is 10.3. The van der Waals surface area contributed by atoms with Gasteiger partial charge in [-0.1, -0.05) is 19.1 Å². The summed E-state index contributed by atoms with van der Waals surface area (Å²) < 4.78 is 34.8. The highest BCUT2D eigenvalue weighted by Crippen LogP contribution is 2.23. The van der Waals surface area contributed by atoms with Gasteiger partial charge in [-0.3, -0.25) is 63.4 Å². The molecule has 1 heterocycles. The quantitative estimate of drug-likeness (QED) is 0.0167. The van der Waals surface area contributed by atoms with Crippen LogP contribution in [0.1, 0.15) is 69.4 Å². The number of hydrogen-bond donors (Lipinski definition) is 14. The molecule has 1 aliphatic rings. The van der Waals surface area contributed by atoms with Crippen molar-refractivity contribution >= 4 is 65.5 Å². The number of guanidine groups is 1. The first kappa shape index (κ1) is 69.8. The number of carbonyl (C=O) groups is 10. The summed E-state index contributed by atoms with van der Waals surface area (Å²) in [6, 6.07) is 5.35.